The second-order valence-electron chi connectivity index (χ2n) is 8.23. The zero-order chi connectivity index (χ0) is 22.2. The highest BCUT2D eigenvalue weighted by atomic mass is 19.1. The van der Waals surface area contributed by atoms with E-state index in [0.717, 1.165) is 4.90 Å². The molecular formula is C21H30FNO6. The third kappa shape index (κ3) is 9.43. The van der Waals surface area contributed by atoms with Crippen LogP contribution in [0, 0.1) is 5.82 Å². The van der Waals surface area contributed by atoms with E-state index < -0.39 is 29.2 Å². The van der Waals surface area contributed by atoms with Crippen molar-refractivity contribution in [3.05, 3.63) is 35.7 Å². The van der Waals surface area contributed by atoms with Gasteiger partial charge in [-0.15, -0.1) is 0 Å². The smallest absolute Gasteiger partial charge is 0.420 e. The van der Waals surface area contributed by atoms with E-state index in [9.17, 15) is 14.0 Å². The van der Waals surface area contributed by atoms with Crippen molar-refractivity contribution in [3.8, 4) is 5.75 Å². The SMILES string of the molecule is CC(C)(C)OC(=O)N(CC=Cc1cc(F)ccc1OCCO)C(=O)OC(C)(C)C. The molecule has 1 N–H and O–H groups in total. The molecule has 1 aromatic rings. The summed E-state index contributed by atoms with van der Waals surface area (Å²) in [5, 5.41) is 8.90. The molecule has 8 heteroatoms. The Hall–Kier alpha value is -2.61. The first-order valence-electron chi connectivity index (χ1n) is 9.25. The van der Waals surface area contributed by atoms with E-state index in [1.54, 1.807) is 41.5 Å². The quantitative estimate of drug-likeness (QED) is 0.748. The van der Waals surface area contributed by atoms with Gasteiger partial charge in [-0.2, -0.15) is 0 Å². The third-order valence-electron chi connectivity index (χ3n) is 3.13. The fourth-order valence-electron chi connectivity index (χ4n) is 2.08. The van der Waals surface area contributed by atoms with Crippen LogP contribution in [0.15, 0.2) is 24.3 Å². The van der Waals surface area contributed by atoms with Crippen LogP contribution < -0.4 is 4.74 Å². The Morgan fingerprint density at radius 1 is 1.07 bits per heavy atom. The highest BCUT2D eigenvalue weighted by Crippen LogP contribution is 2.22. The molecule has 0 aromatic heterocycles. The number of hydrogen-bond acceptors (Lipinski definition) is 6. The van der Waals surface area contributed by atoms with Gasteiger partial charge in [-0.3, -0.25) is 0 Å². The summed E-state index contributed by atoms with van der Waals surface area (Å²) < 4.78 is 29.5. The van der Waals surface area contributed by atoms with Crippen LogP contribution in [-0.2, 0) is 9.47 Å². The molecule has 0 aliphatic heterocycles. The van der Waals surface area contributed by atoms with Gasteiger partial charge in [0.2, 0.25) is 0 Å². The summed E-state index contributed by atoms with van der Waals surface area (Å²) in [6.07, 6.45) is 1.30. The van der Waals surface area contributed by atoms with Gasteiger partial charge in [0.05, 0.1) is 13.2 Å². The van der Waals surface area contributed by atoms with Gasteiger partial charge in [-0.25, -0.2) is 18.9 Å². The Kier molecular flexibility index (Phi) is 8.63. The Morgan fingerprint density at radius 2 is 1.62 bits per heavy atom. The van der Waals surface area contributed by atoms with Crippen molar-refractivity contribution in [2.75, 3.05) is 19.8 Å². The monoisotopic (exact) mass is 411 g/mol. The number of imide groups is 1. The van der Waals surface area contributed by atoms with Crippen molar-refractivity contribution in [1.82, 2.24) is 4.90 Å². The number of rotatable bonds is 6. The van der Waals surface area contributed by atoms with Gasteiger partial charge >= 0.3 is 12.2 Å². The standard InChI is InChI=1S/C21H30FNO6/c1-20(2,3)28-18(25)23(19(26)29-21(4,5)6)11-7-8-15-14-16(22)9-10-17(15)27-13-12-24/h7-10,14,24H,11-13H2,1-6H3. The van der Waals surface area contributed by atoms with E-state index in [0.29, 0.717) is 11.3 Å². The Bertz CT molecular complexity index is 706. The number of ether oxygens (including phenoxy) is 3. The zero-order valence-corrected chi connectivity index (χ0v) is 17.8. The van der Waals surface area contributed by atoms with Crippen molar-refractivity contribution in [2.45, 2.75) is 52.7 Å². The lowest BCUT2D eigenvalue weighted by Crippen LogP contribution is -2.43. The summed E-state index contributed by atoms with van der Waals surface area (Å²) in [4.78, 5) is 25.7. The Morgan fingerprint density at radius 3 is 2.10 bits per heavy atom. The number of halogens is 1. The minimum atomic E-state index is -0.854. The number of carbonyl (C=O) groups excluding carboxylic acids is 2. The van der Waals surface area contributed by atoms with Crippen LogP contribution in [0.1, 0.15) is 47.1 Å². The van der Waals surface area contributed by atoms with Gasteiger partial charge < -0.3 is 19.3 Å². The van der Waals surface area contributed by atoms with Gasteiger partial charge in [-0.1, -0.05) is 12.2 Å². The van der Waals surface area contributed by atoms with Gasteiger partial charge in [0.25, 0.3) is 0 Å². The van der Waals surface area contributed by atoms with E-state index >= 15 is 0 Å². The Balaban J connectivity index is 3.03. The van der Waals surface area contributed by atoms with Crippen LogP contribution in [0.4, 0.5) is 14.0 Å². The second-order valence-corrected chi connectivity index (χ2v) is 8.23. The number of benzene rings is 1. The van der Waals surface area contributed by atoms with Gasteiger partial charge in [0.15, 0.2) is 0 Å². The van der Waals surface area contributed by atoms with Crippen LogP contribution in [-0.4, -0.2) is 53.2 Å². The topological polar surface area (TPSA) is 85.3 Å². The molecule has 1 aromatic carbocycles. The highest BCUT2D eigenvalue weighted by Gasteiger charge is 2.30. The van der Waals surface area contributed by atoms with Crippen LogP contribution in [0.5, 0.6) is 5.75 Å². The summed E-state index contributed by atoms with van der Waals surface area (Å²) in [6, 6.07) is 3.91. The maximum absolute atomic E-state index is 13.6. The molecule has 2 amide bonds. The summed E-state index contributed by atoms with van der Waals surface area (Å²) in [7, 11) is 0. The maximum Gasteiger partial charge on any atom is 0.420 e. The minimum absolute atomic E-state index is 0.0500. The van der Waals surface area contributed by atoms with Gasteiger partial charge in [0, 0.05) is 5.56 Å². The van der Waals surface area contributed by atoms with Crippen LogP contribution in [0.2, 0.25) is 0 Å². The molecule has 0 spiro atoms. The molecule has 0 radical (unpaired) electrons. The summed E-state index contributed by atoms with van der Waals surface area (Å²) in [5.41, 5.74) is -1.20. The molecule has 1 rings (SSSR count). The van der Waals surface area contributed by atoms with Crippen molar-refractivity contribution >= 4 is 18.3 Å². The lowest BCUT2D eigenvalue weighted by molar-refractivity contribution is 0.00377. The average molecular weight is 411 g/mol. The molecule has 29 heavy (non-hydrogen) atoms. The predicted octanol–water partition coefficient (Wildman–Crippen LogP) is 4.38. The average Bonchev–Trinajstić information content (AvgIpc) is 2.54. The fourth-order valence-corrected chi connectivity index (χ4v) is 2.08. The molecule has 0 aliphatic rings. The summed E-state index contributed by atoms with van der Waals surface area (Å²) >= 11 is 0. The summed E-state index contributed by atoms with van der Waals surface area (Å²) in [5.74, 6) is -0.116. The number of aliphatic hydroxyl groups excluding tert-OH is 1. The normalized spacial score (nSPS) is 12.0. The second kappa shape index (κ2) is 10.2. The van der Waals surface area contributed by atoms with Gasteiger partial charge in [-0.05, 0) is 59.7 Å². The largest absolute Gasteiger partial charge is 0.491 e. The molecule has 162 valence electrons. The maximum atomic E-state index is 13.6. The van der Waals surface area contributed by atoms with E-state index in [4.69, 9.17) is 19.3 Å². The van der Waals surface area contributed by atoms with E-state index in [2.05, 4.69) is 0 Å². The van der Waals surface area contributed by atoms with Crippen LogP contribution in [0.3, 0.4) is 0 Å². The number of aliphatic hydroxyl groups is 1. The first-order valence-corrected chi connectivity index (χ1v) is 9.25. The Labute approximate surface area is 171 Å². The molecule has 0 aliphatic carbocycles. The van der Waals surface area contributed by atoms with Crippen molar-refractivity contribution in [2.24, 2.45) is 0 Å². The number of hydrogen-bond donors (Lipinski definition) is 1. The fraction of sp³-hybridized carbons (Fsp3) is 0.524. The third-order valence-corrected chi connectivity index (χ3v) is 3.13. The van der Waals surface area contributed by atoms with E-state index in [1.807, 2.05) is 0 Å². The van der Waals surface area contributed by atoms with Crippen LogP contribution >= 0.6 is 0 Å². The van der Waals surface area contributed by atoms with Crippen molar-refractivity contribution in [3.63, 3.8) is 0 Å². The molecule has 0 bridgehead atoms. The van der Waals surface area contributed by atoms with Crippen LogP contribution in [0.25, 0.3) is 6.08 Å². The molecule has 0 heterocycles. The first kappa shape index (κ1) is 24.4. The predicted molar refractivity (Wildman–Crippen MR) is 107 cm³/mol. The number of nitrogens with zero attached hydrogens (tertiary/aromatic N) is 1. The molecule has 0 unspecified atom stereocenters. The van der Waals surface area contributed by atoms with E-state index in [1.165, 1.54) is 30.4 Å². The van der Waals surface area contributed by atoms with E-state index in [-0.39, 0.29) is 19.8 Å². The highest BCUT2D eigenvalue weighted by molar-refractivity contribution is 5.88. The molecule has 0 fully saturated rings. The lowest BCUT2D eigenvalue weighted by atomic mass is 10.1. The zero-order valence-electron chi connectivity index (χ0n) is 17.8. The minimum Gasteiger partial charge on any atom is -0.491 e. The van der Waals surface area contributed by atoms with Crippen molar-refractivity contribution < 1.29 is 33.3 Å². The number of carbonyl (C=O) groups is 2. The lowest BCUT2D eigenvalue weighted by Gasteiger charge is -2.28. The first-order chi connectivity index (χ1) is 13.3. The summed E-state index contributed by atoms with van der Waals surface area (Å²) in [6.45, 7) is 9.82. The molecular weight excluding hydrogens is 381 g/mol. The van der Waals surface area contributed by atoms with Crippen molar-refractivity contribution in [1.29, 1.82) is 0 Å². The van der Waals surface area contributed by atoms with Gasteiger partial charge in [0.1, 0.15) is 29.4 Å². The molecule has 0 atom stereocenters. The number of amides is 2. The molecule has 0 saturated heterocycles. The molecule has 0 saturated carbocycles. The molecule has 7 nitrogen and oxygen atoms in total.